The zero-order chi connectivity index (χ0) is 13.0. The third-order valence-electron chi connectivity index (χ3n) is 2.52. The number of carbonyl (C=O) groups is 1. The fourth-order valence-corrected chi connectivity index (χ4v) is 1.55. The van der Waals surface area contributed by atoms with E-state index in [4.69, 9.17) is 9.84 Å². The Morgan fingerprint density at radius 1 is 1.35 bits per heavy atom. The lowest BCUT2D eigenvalue weighted by Gasteiger charge is -2.38. The summed E-state index contributed by atoms with van der Waals surface area (Å²) in [7, 11) is 0. The van der Waals surface area contributed by atoms with Gasteiger partial charge in [-0.25, -0.2) is 0 Å². The molecular formula is C10H17NO6. The van der Waals surface area contributed by atoms with Crippen molar-refractivity contribution in [1.29, 1.82) is 0 Å². The molecule has 0 bridgehead atoms. The predicted molar refractivity (Wildman–Crippen MR) is 57.6 cm³/mol. The molecule has 4 N–H and O–H groups in total. The smallest absolute Gasteiger partial charge is 0.180 e. The maximum Gasteiger partial charge on any atom is 0.180 e. The molecular weight excluding hydrogens is 230 g/mol. The van der Waals surface area contributed by atoms with Gasteiger partial charge < -0.3 is 25.2 Å². The molecule has 0 radical (unpaired) electrons. The molecule has 0 aliphatic carbocycles. The number of carbonyl (C=O) groups excluding carboxylic acids is 1. The van der Waals surface area contributed by atoms with E-state index in [-0.39, 0.29) is 12.2 Å². The Balaban J connectivity index is 2.66. The first-order chi connectivity index (χ1) is 7.97. The number of aliphatic imine (C=N–C) groups is 1. The van der Waals surface area contributed by atoms with Crippen LogP contribution in [0.1, 0.15) is 13.3 Å². The van der Waals surface area contributed by atoms with Crippen molar-refractivity contribution in [2.24, 2.45) is 4.99 Å². The lowest BCUT2D eigenvalue weighted by molar-refractivity contribution is -0.248. The van der Waals surface area contributed by atoms with E-state index in [0.29, 0.717) is 0 Å². The molecule has 5 atom stereocenters. The summed E-state index contributed by atoms with van der Waals surface area (Å²) in [5.41, 5.74) is 0. The minimum absolute atomic E-state index is 0.0788. The van der Waals surface area contributed by atoms with Gasteiger partial charge in [-0.1, -0.05) is 0 Å². The van der Waals surface area contributed by atoms with Gasteiger partial charge in [-0.05, 0) is 6.92 Å². The molecule has 1 unspecified atom stereocenters. The number of ketones is 1. The van der Waals surface area contributed by atoms with Gasteiger partial charge in [0.05, 0.1) is 6.61 Å². The van der Waals surface area contributed by atoms with Crippen molar-refractivity contribution in [2.75, 3.05) is 6.61 Å². The van der Waals surface area contributed by atoms with Crippen LogP contribution in [0.5, 0.6) is 0 Å². The van der Waals surface area contributed by atoms with E-state index < -0.39 is 37.3 Å². The van der Waals surface area contributed by atoms with Gasteiger partial charge in [0, 0.05) is 12.6 Å². The number of Topliss-reactive ketones (excluding diaryl/α,β-unsaturated/α-hetero) is 1. The van der Waals surface area contributed by atoms with Gasteiger partial charge >= 0.3 is 0 Å². The quantitative estimate of drug-likeness (QED) is 0.420. The highest BCUT2D eigenvalue weighted by Crippen LogP contribution is 2.21. The van der Waals surface area contributed by atoms with Crippen LogP contribution in [-0.4, -0.2) is 69.7 Å². The minimum Gasteiger partial charge on any atom is -0.394 e. The first kappa shape index (κ1) is 14.2. The lowest BCUT2D eigenvalue weighted by Crippen LogP contribution is -2.57. The monoisotopic (exact) mass is 247 g/mol. The molecule has 0 saturated carbocycles. The number of aliphatic hydroxyl groups excluding tert-OH is 4. The van der Waals surface area contributed by atoms with Crippen molar-refractivity contribution in [1.82, 2.24) is 0 Å². The molecule has 0 amide bonds. The summed E-state index contributed by atoms with van der Waals surface area (Å²) in [4.78, 5) is 14.5. The molecule has 0 aromatic carbocycles. The summed E-state index contributed by atoms with van der Waals surface area (Å²) in [5, 5.41) is 37.6. The SMILES string of the molecule is CC(=O)CC=N[C@H]1C(O)O[C@H](CO)[C@H](O)[C@@H]1O. The van der Waals surface area contributed by atoms with Crippen LogP contribution in [0, 0.1) is 0 Å². The molecule has 1 fully saturated rings. The van der Waals surface area contributed by atoms with Crippen LogP contribution >= 0.6 is 0 Å². The fourth-order valence-electron chi connectivity index (χ4n) is 1.55. The number of aliphatic hydroxyl groups is 4. The van der Waals surface area contributed by atoms with Gasteiger partial charge in [-0.2, -0.15) is 0 Å². The van der Waals surface area contributed by atoms with Crippen molar-refractivity contribution < 1.29 is 30.0 Å². The van der Waals surface area contributed by atoms with E-state index in [2.05, 4.69) is 4.99 Å². The van der Waals surface area contributed by atoms with Gasteiger partial charge in [0.1, 0.15) is 30.1 Å². The van der Waals surface area contributed by atoms with Crippen LogP contribution in [0.3, 0.4) is 0 Å². The average molecular weight is 247 g/mol. The van der Waals surface area contributed by atoms with E-state index in [9.17, 15) is 20.1 Å². The molecule has 0 spiro atoms. The summed E-state index contributed by atoms with van der Waals surface area (Å²) >= 11 is 0. The third-order valence-corrected chi connectivity index (χ3v) is 2.52. The van der Waals surface area contributed by atoms with Crippen LogP contribution in [0.15, 0.2) is 4.99 Å². The summed E-state index contributed by atoms with van der Waals surface area (Å²) in [6, 6.07) is -1.06. The van der Waals surface area contributed by atoms with E-state index in [1.165, 1.54) is 13.1 Å². The summed E-state index contributed by atoms with van der Waals surface area (Å²) in [5.74, 6) is -0.108. The molecule has 1 saturated heterocycles. The second kappa shape index (κ2) is 6.18. The van der Waals surface area contributed by atoms with Gasteiger partial charge in [0.2, 0.25) is 0 Å². The number of rotatable bonds is 4. The van der Waals surface area contributed by atoms with Gasteiger partial charge in [0.15, 0.2) is 6.29 Å². The number of hydrogen-bond acceptors (Lipinski definition) is 7. The van der Waals surface area contributed by atoms with Crippen LogP contribution in [0.2, 0.25) is 0 Å². The molecule has 98 valence electrons. The molecule has 17 heavy (non-hydrogen) atoms. The summed E-state index contributed by atoms with van der Waals surface area (Å²) < 4.78 is 4.89. The second-order valence-electron chi connectivity index (χ2n) is 3.96. The Bertz CT molecular complexity index is 295. The fraction of sp³-hybridized carbons (Fsp3) is 0.800. The Labute approximate surface area is 98.4 Å². The first-order valence-corrected chi connectivity index (χ1v) is 5.29. The highest BCUT2D eigenvalue weighted by molar-refractivity contribution is 5.89. The molecule has 0 aromatic heterocycles. The largest absolute Gasteiger partial charge is 0.394 e. The first-order valence-electron chi connectivity index (χ1n) is 5.29. The Morgan fingerprint density at radius 3 is 2.53 bits per heavy atom. The topological polar surface area (TPSA) is 120 Å². The van der Waals surface area contributed by atoms with Crippen molar-refractivity contribution in [3.8, 4) is 0 Å². The summed E-state index contributed by atoms with van der Waals surface area (Å²) in [6.45, 7) is 0.867. The van der Waals surface area contributed by atoms with Crippen molar-refractivity contribution in [3.05, 3.63) is 0 Å². The van der Waals surface area contributed by atoms with Crippen molar-refractivity contribution >= 4 is 12.0 Å². The van der Waals surface area contributed by atoms with E-state index in [1.807, 2.05) is 0 Å². The molecule has 1 aliphatic heterocycles. The summed E-state index contributed by atoms with van der Waals surface area (Å²) in [6.07, 6.45) is -3.81. The molecule has 7 nitrogen and oxygen atoms in total. The Morgan fingerprint density at radius 2 is 2.00 bits per heavy atom. The maximum absolute atomic E-state index is 10.7. The van der Waals surface area contributed by atoms with E-state index in [1.54, 1.807) is 0 Å². The second-order valence-corrected chi connectivity index (χ2v) is 3.96. The molecule has 1 aliphatic rings. The maximum atomic E-state index is 10.7. The van der Waals surface area contributed by atoms with Crippen LogP contribution in [-0.2, 0) is 9.53 Å². The zero-order valence-electron chi connectivity index (χ0n) is 9.43. The van der Waals surface area contributed by atoms with Crippen LogP contribution in [0.4, 0.5) is 0 Å². The zero-order valence-corrected chi connectivity index (χ0v) is 9.43. The standard InChI is InChI=1S/C10H17NO6/c1-5(13)2-3-11-7-9(15)8(14)6(4-12)17-10(7)16/h3,6-10,12,14-16H,2,4H2,1H3/t6-,7-,8+,9-,10?/m1/s1. The highest BCUT2D eigenvalue weighted by atomic mass is 16.6. The lowest BCUT2D eigenvalue weighted by atomic mass is 9.97. The third kappa shape index (κ3) is 3.55. The Kier molecular flexibility index (Phi) is 5.16. The van der Waals surface area contributed by atoms with E-state index >= 15 is 0 Å². The predicted octanol–water partition coefficient (Wildman–Crippen LogP) is -2.16. The van der Waals surface area contributed by atoms with Gasteiger partial charge in [0.25, 0.3) is 0 Å². The van der Waals surface area contributed by atoms with E-state index in [0.717, 1.165) is 0 Å². The number of ether oxygens (including phenoxy) is 1. The molecule has 7 heteroatoms. The van der Waals surface area contributed by atoms with Crippen LogP contribution in [0.25, 0.3) is 0 Å². The minimum atomic E-state index is -1.42. The Hall–Kier alpha value is -0.860. The van der Waals surface area contributed by atoms with Gasteiger partial charge in [-0.3, -0.25) is 9.79 Å². The number of nitrogens with zero attached hydrogens (tertiary/aromatic N) is 1. The van der Waals surface area contributed by atoms with Crippen molar-refractivity contribution in [3.63, 3.8) is 0 Å². The van der Waals surface area contributed by atoms with Crippen molar-refractivity contribution in [2.45, 2.75) is 44.0 Å². The highest BCUT2D eigenvalue weighted by Gasteiger charge is 2.43. The normalized spacial score (nSPS) is 38.5. The van der Waals surface area contributed by atoms with Gasteiger partial charge in [-0.15, -0.1) is 0 Å². The molecule has 1 rings (SSSR count). The molecule has 1 heterocycles. The molecule has 0 aromatic rings. The average Bonchev–Trinajstić information content (AvgIpc) is 2.27. The van der Waals surface area contributed by atoms with Crippen LogP contribution < -0.4 is 0 Å². The number of hydrogen-bond donors (Lipinski definition) is 4.